The van der Waals surface area contributed by atoms with Gasteiger partial charge >= 0.3 is 0 Å². The van der Waals surface area contributed by atoms with Crippen molar-refractivity contribution in [3.8, 4) is 17.4 Å². The van der Waals surface area contributed by atoms with E-state index in [2.05, 4.69) is 4.98 Å². The zero-order chi connectivity index (χ0) is 13.9. The minimum Gasteiger partial charge on any atom is -0.495 e. The molecule has 0 amide bonds. The van der Waals surface area contributed by atoms with Crippen molar-refractivity contribution in [1.29, 1.82) is 0 Å². The van der Waals surface area contributed by atoms with Gasteiger partial charge in [-0.15, -0.1) is 0 Å². The van der Waals surface area contributed by atoms with E-state index in [1.165, 1.54) is 0 Å². The highest BCUT2D eigenvalue weighted by Gasteiger charge is 2.09. The minimum atomic E-state index is 0.110. The van der Waals surface area contributed by atoms with Crippen LogP contribution < -0.4 is 9.47 Å². The van der Waals surface area contributed by atoms with E-state index < -0.39 is 0 Å². The number of aromatic hydroxyl groups is 1. The minimum absolute atomic E-state index is 0.110. The molecule has 1 heterocycles. The molecule has 0 saturated carbocycles. The number of H-pyrrole nitrogens is 1. The Labute approximate surface area is 116 Å². The Bertz CT molecular complexity index is 719. The van der Waals surface area contributed by atoms with Gasteiger partial charge in [-0.2, -0.15) is 0 Å². The number of benzene rings is 2. The van der Waals surface area contributed by atoms with E-state index in [1.807, 2.05) is 36.4 Å². The Kier molecular flexibility index (Phi) is 3.21. The standard InChI is InChI=1S/C16H15NO3/c1-19-14-9-13(7-12-8-15(18)17-16(12)14)20-10-11-5-3-2-4-6-11/h2-9,17-18H,10H2,1H3. The van der Waals surface area contributed by atoms with E-state index in [9.17, 15) is 5.11 Å². The number of methoxy groups -OCH3 is 1. The number of rotatable bonds is 4. The zero-order valence-electron chi connectivity index (χ0n) is 11.1. The lowest BCUT2D eigenvalue weighted by molar-refractivity contribution is 0.304. The van der Waals surface area contributed by atoms with Gasteiger partial charge in [0.1, 0.15) is 18.1 Å². The third-order valence-corrected chi connectivity index (χ3v) is 3.12. The van der Waals surface area contributed by atoms with Crippen LogP contribution in [0.5, 0.6) is 17.4 Å². The lowest BCUT2D eigenvalue weighted by Gasteiger charge is -2.09. The van der Waals surface area contributed by atoms with Crippen molar-refractivity contribution < 1.29 is 14.6 Å². The summed E-state index contributed by atoms with van der Waals surface area (Å²) in [5.41, 5.74) is 1.86. The molecule has 0 aliphatic carbocycles. The molecule has 0 fully saturated rings. The maximum Gasteiger partial charge on any atom is 0.189 e. The first-order valence-electron chi connectivity index (χ1n) is 6.33. The van der Waals surface area contributed by atoms with Crippen molar-refractivity contribution in [3.63, 3.8) is 0 Å². The second-order valence-corrected chi connectivity index (χ2v) is 4.52. The monoisotopic (exact) mass is 269 g/mol. The van der Waals surface area contributed by atoms with Gasteiger partial charge in [0.2, 0.25) is 0 Å². The van der Waals surface area contributed by atoms with E-state index in [1.54, 1.807) is 19.2 Å². The van der Waals surface area contributed by atoms with E-state index in [-0.39, 0.29) is 5.88 Å². The highest BCUT2D eigenvalue weighted by molar-refractivity contribution is 5.88. The summed E-state index contributed by atoms with van der Waals surface area (Å²) in [6.45, 7) is 0.492. The summed E-state index contributed by atoms with van der Waals surface area (Å²) in [6.07, 6.45) is 0. The molecule has 4 heteroatoms. The molecular weight excluding hydrogens is 254 g/mol. The average Bonchev–Trinajstić information content (AvgIpc) is 2.85. The Hall–Kier alpha value is -2.62. The summed E-state index contributed by atoms with van der Waals surface area (Å²) < 4.78 is 11.1. The van der Waals surface area contributed by atoms with Crippen LogP contribution in [0, 0.1) is 0 Å². The van der Waals surface area contributed by atoms with Gasteiger partial charge in [0.25, 0.3) is 0 Å². The number of fused-ring (bicyclic) bond motifs is 1. The molecule has 0 aliphatic heterocycles. The van der Waals surface area contributed by atoms with Crippen molar-refractivity contribution in [1.82, 2.24) is 4.98 Å². The highest BCUT2D eigenvalue weighted by atomic mass is 16.5. The molecule has 102 valence electrons. The van der Waals surface area contributed by atoms with Gasteiger partial charge in [0, 0.05) is 17.5 Å². The van der Waals surface area contributed by atoms with Crippen LogP contribution in [0.1, 0.15) is 5.56 Å². The van der Waals surface area contributed by atoms with E-state index in [4.69, 9.17) is 9.47 Å². The summed E-state index contributed by atoms with van der Waals surface area (Å²) in [4.78, 5) is 2.85. The topological polar surface area (TPSA) is 54.5 Å². The second-order valence-electron chi connectivity index (χ2n) is 4.52. The molecule has 0 bridgehead atoms. The first kappa shape index (κ1) is 12.4. The quantitative estimate of drug-likeness (QED) is 0.762. The molecular formula is C16H15NO3. The van der Waals surface area contributed by atoms with Crippen LogP contribution in [0.2, 0.25) is 0 Å². The van der Waals surface area contributed by atoms with Gasteiger partial charge in [-0.3, -0.25) is 0 Å². The number of hydrogen-bond acceptors (Lipinski definition) is 3. The van der Waals surface area contributed by atoms with Crippen molar-refractivity contribution in [3.05, 3.63) is 54.1 Å². The summed E-state index contributed by atoms with van der Waals surface area (Å²) in [5, 5.41) is 10.4. The Morgan fingerprint density at radius 2 is 1.90 bits per heavy atom. The summed E-state index contributed by atoms with van der Waals surface area (Å²) >= 11 is 0. The molecule has 0 unspecified atom stereocenters. The molecule has 3 aromatic rings. The van der Waals surface area contributed by atoms with Crippen LogP contribution in [-0.4, -0.2) is 17.2 Å². The Morgan fingerprint density at radius 3 is 2.65 bits per heavy atom. The molecule has 0 saturated heterocycles. The van der Waals surface area contributed by atoms with Gasteiger partial charge in [-0.25, -0.2) is 0 Å². The molecule has 4 nitrogen and oxygen atoms in total. The smallest absolute Gasteiger partial charge is 0.189 e. The third-order valence-electron chi connectivity index (χ3n) is 3.12. The van der Waals surface area contributed by atoms with Crippen LogP contribution in [0.15, 0.2) is 48.5 Å². The SMILES string of the molecule is COc1cc(OCc2ccccc2)cc2cc(O)[nH]c12. The Balaban J connectivity index is 1.88. The van der Waals surface area contributed by atoms with Gasteiger partial charge in [0.15, 0.2) is 5.88 Å². The predicted octanol–water partition coefficient (Wildman–Crippen LogP) is 3.46. The first-order valence-corrected chi connectivity index (χ1v) is 6.33. The van der Waals surface area contributed by atoms with Crippen LogP contribution in [0.25, 0.3) is 10.9 Å². The molecule has 0 aliphatic rings. The number of nitrogens with one attached hydrogen (secondary N) is 1. The van der Waals surface area contributed by atoms with Gasteiger partial charge in [-0.05, 0) is 11.6 Å². The summed E-state index contributed by atoms with van der Waals surface area (Å²) in [6, 6.07) is 15.3. The van der Waals surface area contributed by atoms with Gasteiger partial charge in [-0.1, -0.05) is 30.3 Å². The highest BCUT2D eigenvalue weighted by Crippen LogP contribution is 2.33. The summed E-state index contributed by atoms with van der Waals surface area (Å²) in [5.74, 6) is 1.46. The predicted molar refractivity (Wildman–Crippen MR) is 77.3 cm³/mol. The lowest BCUT2D eigenvalue weighted by Crippen LogP contribution is -1.95. The fourth-order valence-corrected chi connectivity index (χ4v) is 2.16. The molecule has 2 aromatic carbocycles. The number of aromatic amines is 1. The zero-order valence-corrected chi connectivity index (χ0v) is 11.1. The van der Waals surface area contributed by atoms with Crippen molar-refractivity contribution in [2.45, 2.75) is 6.61 Å². The molecule has 20 heavy (non-hydrogen) atoms. The second kappa shape index (κ2) is 5.17. The normalized spacial score (nSPS) is 10.7. The van der Waals surface area contributed by atoms with Crippen LogP contribution in [0.3, 0.4) is 0 Å². The van der Waals surface area contributed by atoms with E-state index in [0.717, 1.165) is 16.5 Å². The largest absolute Gasteiger partial charge is 0.495 e. The first-order chi connectivity index (χ1) is 9.76. The van der Waals surface area contributed by atoms with Crippen LogP contribution in [-0.2, 0) is 6.61 Å². The van der Waals surface area contributed by atoms with Crippen molar-refractivity contribution in [2.75, 3.05) is 7.11 Å². The Morgan fingerprint density at radius 1 is 1.10 bits per heavy atom. The molecule has 0 atom stereocenters. The van der Waals surface area contributed by atoms with Crippen molar-refractivity contribution >= 4 is 10.9 Å². The third kappa shape index (κ3) is 2.40. The summed E-state index contributed by atoms with van der Waals surface area (Å²) in [7, 11) is 1.59. The number of hydrogen-bond donors (Lipinski definition) is 2. The van der Waals surface area contributed by atoms with Crippen molar-refractivity contribution in [2.24, 2.45) is 0 Å². The lowest BCUT2D eigenvalue weighted by atomic mass is 10.2. The molecule has 3 rings (SSSR count). The number of aromatic nitrogens is 1. The molecule has 0 radical (unpaired) electrons. The molecule has 2 N–H and O–H groups in total. The van der Waals surface area contributed by atoms with E-state index in [0.29, 0.717) is 18.1 Å². The average molecular weight is 269 g/mol. The maximum absolute atomic E-state index is 9.52. The van der Waals surface area contributed by atoms with Gasteiger partial charge < -0.3 is 19.6 Å². The molecule has 0 spiro atoms. The number of ether oxygens (including phenoxy) is 2. The van der Waals surface area contributed by atoms with E-state index >= 15 is 0 Å². The maximum atomic E-state index is 9.52. The molecule has 1 aromatic heterocycles. The fraction of sp³-hybridized carbons (Fsp3) is 0.125. The van der Waals surface area contributed by atoms with Gasteiger partial charge in [0.05, 0.1) is 12.6 Å². The van der Waals surface area contributed by atoms with Crippen LogP contribution >= 0.6 is 0 Å². The fourth-order valence-electron chi connectivity index (χ4n) is 2.16. The van der Waals surface area contributed by atoms with Crippen LogP contribution in [0.4, 0.5) is 0 Å².